The van der Waals surface area contributed by atoms with E-state index in [0.717, 1.165) is 36.5 Å². The molecule has 2 N–H and O–H groups in total. The summed E-state index contributed by atoms with van der Waals surface area (Å²) in [4.78, 5) is 27.5. The van der Waals surface area contributed by atoms with Crippen molar-refractivity contribution in [2.75, 3.05) is 20.2 Å². The van der Waals surface area contributed by atoms with E-state index in [2.05, 4.69) is 57.7 Å². The molecule has 9 heteroatoms. The van der Waals surface area contributed by atoms with E-state index >= 15 is 0 Å². The Morgan fingerprint density at radius 1 is 1.32 bits per heavy atom. The molecule has 8 nitrogen and oxygen atoms in total. The molecular weight excluding hydrogens is 416 g/mol. The summed E-state index contributed by atoms with van der Waals surface area (Å²) in [5.74, 6) is -0.374. The van der Waals surface area contributed by atoms with Crippen molar-refractivity contribution in [1.29, 1.82) is 0 Å². The smallest absolute Gasteiger partial charge is 0.356 e. The number of esters is 1. The van der Waals surface area contributed by atoms with Gasteiger partial charge in [0.05, 0.1) is 24.0 Å². The number of carbonyl (C=O) groups is 2. The Kier molecular flexibility index (Phi) is 7.54. The van der Waals surface area contributed by atoms with Crippen molar-refractivity contribution in [2.45, 2.75) is 31.7 Å². The number of hydrogen-bond donors (Lipinski definition) is 2. The summed E-state index contributed by atoms with van der Waals surface area (Å²) in [6.45, 7) is 4.35. The van der Waals surface area contributed by atoms with Crippen LogP contribution in [0.5, 0.6) is 0 Å². The van der Waals surface area contributed by atoms with Gasteiger partial charge in [0.2, 0.25) is 0 Å². The van der Waals surface area contributed by atoms with Crippen LogP contribution in [0.25, 0.3) is 0 Å². The van der Waals surface area contributed by atoms with Gasteiger partial charge in [-0.3, -0.25) is 14.8 Å². The molecule has 1 aliphatic heterocycles. The van der Waals surface area contributed by atoms with E-state index in [1.165, 1.54) is 18.4 Å². The Hall–Kier alpha value is -3.04. The maximum Gasteiger partial charge on any atom is 0.356 e. The molecule has 1 aromatic carbocycles. The van der Waals surface area contributed by atoms with Gasteiger partial charge in [-0.05, 0) is 38.4 Å². The predicted octanol–water partition coefficient (Wildman–Crippen LogP) is 3.24. The van der Waals surface area contributed by atoms with E-state index in [-0.39, 0.29) is 17.9 Å². The lowest BCUT2D eigenvalue weighted by Crippen LogP contribution is -2.43. The molecule has 0 saturated carbocycles. The zero-order valence-corrected chi connectivity index (χ0v) is 18.4. The maximum atomic E-state index is 11.9. The summed E-state index contributed by atoms with van der Waals surface area (Å²) in [6.07, 6.45) is 3.70. The molecule has 3 heterocycles. The second kappa shape index (κ2) is 10.3. The van der Waals surface area contributed by atoms with Crippen LogP contribution in [0, 0.1) is 6.92 Å². The minimum absolute atomic E-state index is 0.0515. The summed E-state index contributed by atoms with van der Waals surface area (Å²) in [6, 6.07) is 10.7. The fourth-order valence-electron chi connectivity index (χ4n) is 4.08. The van der Waals surface area contributed by atoms with Gasteiger partial charge in [0.25, 0.3) is 6.47 Å². The van der Waals surface area contributed by atoms with Crippen molar-refractivity contribution in [3.05, 3.63) is 69.4 Å². The molecule has 0 amide bonds. The quantitative estimate of drug-likeness (QED) is 0.461. The number of likely N-dealkylation sites (tertiary alicyclic amines) is 1. The van der Waals surface area contributed by atoms with Gasteiger partial charge < -0.3 is 9.84 Å². The SMILES string of the molecule is COC(=O)c1[nH]ncc1CN1CCC(c2ccccc2)(c2csc(C)n2)CC1.O=CO. The molecule has 3 aromatic rings. The fraction of sp³-hybridized carbons (Fsp3) is 0.364. The summed E-state index contributed by atoms with van der Waals surface area (Å²) in [5.41, 5.74) is 3.78. The predicted molar refractivity (Wildman–Crippen MR) is 117 cm³/mol. The van der Waals surface area contributed by atoms with Crippen molar-refractivity contribution in [1.82, 2.24) is 20.1 Å². The molecule has 0 bridgehead atoms. The fourth-order valence-corrected chi connectivity index (χ4v) is 4.79. The number of aromatic amines is 1. The number of H-pyrrole nitrogens is 1. The monoisotopic (exact) mass is 442 g/mol. The highest BCUT2D eigenvalue weighted by Gasteiger charge is 2.39. The first-order valence-corrected chi connectivity index (χ1v) is 10.8. The molecule has 1 saturated heterocycles. The van der Waals surface area contributed by atoms with Gasteiger partial charge in [0.1, 0.15) is 5.69 Å². The number of nitrogens with zero attached hydrogens (tertiary/aromatic N) is 3. The Morgan fingerprint density at radius 3 is 2.58 bits per heavy atom. The maximum absolute atomic E-state index is 11.9. The van der Waals surface area contributed by atoms with Crippen molar-refractivity contribution >= 4 is 23.8 Å². The number of thiazole rings is 1. The molecule has 0 unspecified atom stereocenters. The van der Waals surface area contributed by atoms with E-state index in [1.54, 1.807) is 17.5 Å². The number of carbonyl (C=O) groups excluding carboxylic acids is 1. The van der Waals surface area contributed by atoms with Crippen LogP contribution < -0.4 is 0 Å². The van der Waals surface area contributed by atoms with Gasteiger partial charge in [-0.15, -0.1) is 11.3 Å². The van der Waals surface area contributed by atoms with Gasteiger partial charge >= 0.3 is 5.97 Å². The summed E-state index contributed by atoms with van der Waals surface area (Å²) < 4.78 is 4.84. The average Bonchev–Trinajstić information content (AvgIpc) is 3.44. The first kappa shape index (κ1) is 22.6. The highest BCUT2D eigenvalue weighted by molar-refractivity contribution is 7.09. The molecule has 0 atom stereocenters. The minimum Gasteiger partial charge on any atom is -0.483 e. The first-order chi connectivity index (χ1) is 15.0. The van der Waals surface area contributed by atoms with Crippen molar-refractivity contribution < 1.29 is 19.4 Å². The molecule has 31 heavy (non-hydrogen) atoms. The lowest BCUT2D eigenvalue weighted by molar-refractivity contribution is -0.122. The second-order valence-electron chi connectivity index (χ2n) is 7.34. The van der Waals surface area contributed by atoms with Crippen LogP contribution in [-0.2, 0) is 21.5 Å². The van der Waals surface area contributed by atoms with Gasteiger partial charge in [-0.2, -0.15) is 5.10 Å². The minimum atomic E-state index is -0.374. The van der Waals surface area contributed by atoms with E-state index < -0.39 is 0 Å². The number of benzene rings is 1. The van der Waals surface area contributed by atoms with Crippen molar-refractivity contribution in [3.63, 3.8) is 0 Å². The topological polar surface area (TPSA) is 108 Å². The molecule has 164 valence electrons. The highest BCUT2D eigenvalue weighted by atomic mass is 32.1. The molecule has 4 rings (SSSR count). The molecular formula is C22H26N4O4S. The number of rotatable bonds is 5. The van der Waals surface area contributed by atoms with Crippen LogP contribution in [0.3, 0.4) is 0 Å². The van der Waals surface area contributed by atoms with Crippen molar-refractivity contribution in [2.24, 2.45) is 0 Å². The third kappa shape index (κ3) is 5.00. The largest absolute Gasteiger partial charge is 0.483 e. The van der Waals surface area contributed by atoms with Crippen LogP contribution in [-0.4, -0.2) is 57.8 Å². The van der Waals surface area contributed by atoms with Crippen molar-refractivity contribution in [3.8, 4) is 0 Å². The van der Waals surface area contributed by atoms with Crippen LogP contribution in [0.1, 0.15) is 45.2 Å². The molecule has 0 spiro atoms. The number of nitrogens with one attached hydrogen (secondary N) is 1. The zero-order chi connectivity index (χ0) is 22.3. The zero-order valence-electron chi connectivity index (χ0n) is 17.6. The average molecular weight is 443 g/mol. The van der Waals surface area contributed by atoms with Gasteiger partial charge in [0.15, 0.2) is 0 Å². The normalized spacial score (nSPS) is 15.5. The molecule has 2 aromatic heterocycles. The van der Waals surface area contributed by atoms with Crippen LogP contribution in [0.15, 0.2) is 41.9 Å². The standard InChI is InChI=1S/C21H24N4O2S.CH2O2/c1-15-23-18(14-28-15)21(17-6-4-3-5-7-17)8-10-25(11-9-21)13-16-12-22-24-19(16)20(26)27-2;2-1-3/h3-7,12,14H,8-11,13H2,1-2H3,(H,22,24);1H,(H,2,3). The number of methoxy groups -OCH3 is 1. The van der Waals surface area contributed by atoms with E-state index in [1.807, 2.05) is 0 Å². The summed E-state index contributed by atoms with van der Waals surface area (Å²) in [5, 5.41) is 17.0. The third-order valence-electron chi connectivity index (χ3n) is 5.65. The first-order valence-electron chi connectivity index (χ1n) is 9.93. The van der Waals surface area contributed by atoms with E-state index in [9.17, 15) is 4.79 Å². The van der Waals surface area contributed by atoms with Gasteiger partial charge in [-0.25, -0.2) is 9.78 Å². The lowest BCUT2D eigenvalue weighted by atomic mass is 9.70. The summed E-state index contributed by atoms with van der Waals surface area (Å²) >= 11 is 1.71. The lowest BCUT2D eigenvalue weighted by Gasteiger charge is -2.41. The Morgan fingerprint density at radius 2 is 2.00 bits per heavy atom. The number of hydrogen-bond acceptors (Lipinski definition) is 7. The van der Waals surface area contributed by atoms with Gasteiger partial charge in [-0.1, -0.05) is 30.3 Å². The van der Waals surface area contributed by atoms with E-state index in [0.29, 0.717) is 12.2 Å². The third-order valence-corrected chi connectivity index (χ3v) is 6.42. The molecule has 0 radical (unpaired) electrons. The Labute approximate surface area is 184 Å². The van der Waals surface area contributed by atoms with Gasteiger partial charge in [0, 0.05) is 22.9 Å². The Bertz CT molecular complexity index is 994. The number of aromatic nitrogens is 3. The molecule has 1 aliphatic rings. The number of carboxylic acid groups (broad SMARTS) is 1. The van der Waals surface area contributed by atoms with Crippen LogP contribution in [0.4, 0.5) is 0 Å². The van der Waals surface area contributed by atoms with Crippen LogP contribution >= 0.6 is 11.3 Å². The van der Waals surface area contributed by atoms with E-state index in [4.69, 9.17) is 19.6 Å². The second-order valence-corrected chi connectivity index (χ2v) is 8.41. The Balaban J connectivity index is 0.000000858. The number of aryl methyl sites for hydroxylation is 1. The molecule has 1 fully saturated rings. The number of ether oxygens (including phenoxy) is 1. The highest BCUT2D eigenvalue weighted by Crippen LogP contribution is 2.42. The molecule has 0 aliphatic carbocycles. The number of piperidine rings is 1. The summed E-state index contributed by atoms with van der Waals surface area (Å²) in [7, 11) is 1.39. The van der Waals surface area contributed by atoms with Crippen LogP contribution in [0.2, 0.25) is 0 Å².